The molecule has 0 fully saturated rings. The average molecular weight is 387 g/mol. The molecule has 0 aliphatic carbocycles. The summed E-state index contributed by atoms with van der Waals surface area (Å²) in [5.41, 5.74) is 1.25. The number of carboxylic acid groups (broad SMARTS) is 1. The van der Waals surface area contributed by atoms with E-state index in [1.165, 1.54) is 5.57 Å². The van der Waals surface area contributed by atoms with Gasteiger partial charge >= 0.3 is 5.97 Å². The van der Waals surface area contributed by atoms with Gasteiger partial charge in [0.15, 0.2) is 0 Å². The predicted octanol–water partition coefficient (Wildman–Crippen LogP) is 5.16. The minimum absolute atomic E-state index is 0.0746. The van der Waals surface area contributed by atoms with Crippen molar-refractivity contribution in [3.8, 4) is 0 Å². The summed E-state index contributed by atoms with van der Waals surface area (Å²) in [6, 6.07) is -0.504. The molecule has 162 valence electrons. The first-order valence-electron chi connectivity index (χ1n) is 10.7. The van der Waals surface area contributed by atoms with Gasteiger partial charge in [0.05, 0.1) is 0 Å². The highest BCUT2D eigenvalue weighted by atomic mass is 16.4. The number of likely N-dealkylation sites (N-methyl/N-ethyl adjacent to an activating group) is 1. The highest BCUT2D eigenvalue weighted by molar-refractivity contribution is 5.77. The van der Waals surface area contributed by atoms with Gasteiger partial charge in [-0.2, -0.15) is 0 Å². The minimum atomic E-state index is -0.825. The van der Waals surface area contributed by atoms with Crippen LogP contribution in [0.15, 0.2) is 11.6 Å². The number of carbonyl (C=O) groups is 2. The summed E-state index contributed by atoms with van der Waals surface area (Å²) in [6.45, 7) is 17.0. The van der Waals surface area contributed by atoms with E-state index in [9.17, 15) is 9.59 Å². The molecule has 0 saturated carbocycles. The Balaban J connectivity index is -0.00000134. The summed E-state index contributed by atoms with van der Waals surface area (Å²) in [5, 5.41) is 14.7. The Morgan fingerprint density at radius 2 is 1.67 bits per heavy atom. The van der Waals surface area contributed by atoms with Crippen molar-refractivity contribution >= 4 is 11.9 Å². The van der Waals surface area contributed by atoms with Gasteiger partial charge in [0.2, 0.25) is 5.91 Å². The largest absolute Gasteiger partial charge is 0.480 e. The second-order valence-electron chi connectivity index (χ2n) is 6.28. The van der Waals surface area contributed by atoms with Gasteiger partial charge in [-0.1, -0.05) is 60.1 Å². The maximum absolute atomic E-state index is 12.2. The van der Waals surface area contributed by atoms with E-state index in [-0.39, 0.29) is 11.3 Å². The Labute approximate surface area is 168 Å². The number of hydrogen-bond donors (Lipinski definition) is 3. The third kappa shape index (κ3) is 13.5. The van der Waals surface area contributed by atoms with E-state index in [1.54, 1.807) is 7.05 Å². The molecule has 0 radical (unpaired) electrons. The first kappa shape index (κ1) is 30.4. The van der Waals surface area contributed by atoms with E-state index in [1.807, 2.05) is 34.6 Å². The lowest BCUT2D eigenvalue weighted by Crippen LogP contribution is -2.34. The number of unbranched alkanes of at least 4 members (excludes halogenated alkanes) is 1. The zero-order valence-corrected chi connectivity index (χ0v) is 19.4. The normalized spacial score (nSPS) is 13.9. The standard InChI is InChI=1S/C18H34N2O3.2C2H6/c1-6-14(7-2)18(4,8-3)13-16(21)20-12-10-9-11-15(19-5)17(22)23;2*1-2/h6,15,19H,7-13H2,1-5H3,(H,20,21)(H,22,23);2*1-2H3. The number of allylic oxidation sites excluding steroid dienone is 2. The Morgan fingerprint density at radius 1 is 1.11 bits per heavy atom. The Bertz CT molecular complexity index is 408. The molecular formula is C22H46N2O3. The maximum atomic E-state index is 12.2. The van der Waals surface area contributed by atoms with Crippen molar-refractivity contribution in [2.24, 2.45) is 5.41 Å². The van der Waals surface area contributed by atoms with Crippen LogP contribution in [0, 0.1) is 5.41 Å². The van der Waals surface area contributed by atoms with Gasteiger partial charge in [-0.05, 0) is 51.5 Å². The van der Waals surface area contributed by atoms with Crippen molar-refractivity contribution in [1.82, 2.24) is 10.6 Å². The average Bonchev–Trinajstić information content (AvgIpc) is 2.68. The number of amides is 1. The highest BCUT2D eigenvalue weighted by Gasteiger charge is 2.28. The van der Waals surface area contributed by atoms with Gasteiger partial charge in [-0.15, -0.1) is 0 Å². The molecule has 5 heteroatoms. The zero-order valence-electron chi connectivity index (χ0n) is 19.4. The van der Waals surface area contributed by atoms with Crippen molar-refractivity contribution in [3.05, 3.63) is 11.6 Å². The van der Waals surface area contributed by atoms with Crippen LogP contribution in [0.1, 0.15) is 93.9 Å². The number of nitrogens with one attached hydrogen (secondary N) is 2. The summed E-state index contributed by atoms with van der Waals surface area (Å²) in [5.74, 6) is -0.751. The van der Waals surface area contributed by atoms with Gasteiger partial charge < -0.3 is 15.7 Å². The molecule has 0 aliphatic rings. The van der Waals surface area contributed by atoms with E-state index >= 15 is 0 Å². The molecule has 3 N–H and O–H groups in total. The second kappa shape index (κ2) is 19.4. The van der Waals surface area contributed by atoms with Crippen molar-refractivity contribution < 1.29 is 14.7 Å². The minimum Gasteiger partial charge on any atom is -0.480 e. The van der Waals surface area contributed by atoms with E-state index in [2.05, 4.69) is 37.5 Å². The molecular weight excluding hydrogens is 340 g/mol. The van der Waals surface area contributed by atoms with Crippen LogP contribution in [0.25, 0.3) is 0 Å². The molecule has 0 heterocycles. The SMILES string of the molecule is CC.CC.CC=C(CC)C(C)(CC)CC(=O)NCCCCC(NC)C(=O)O. The fourth-order valence-corrected chi connectivity index (χ4v) is 2.95. The van der Waals surface area contributed by atoms with E-state index in [4.69, 9.17) is 5.11 Å². The van der Waals surface area contributed by atoms with Crippen molar-refractivity contribution in [1.29, 1.82) is 0 Å². The predicted molar refractivity (Wildman–Crippen MR) is 117 cm³/mol. The first-order chi connectivity index (χ1) is 12.8. The molecule has 0 rings (SSSR count). The van der Waals surface area contributed by atoms with Gasteiger partial charge in [0.25, 0.3) is 0 Å². The lowest BCUT2D eigenvalue weighted by Gasteiger charge is -2.30. The van der Waals surface area contributed by atoms with E-state index in [0.717, 1.165) is 25.7 Å². The van der Waals surface area contributed by atoms with Crippen molar-refractivity contribution in [2.45, 2.75) is 100.0 Å². The van der Waals surface area contributed by atoms with Crippen LogP contribution in [0.5, 0.6) is 0 Å². The molecule has 27 heavy (non-hydrogen) atoms. The Morgan fingerprint density at radius 3 is 2.04 bits per heavy atom. The van der Waals surface area contributed by atoms with Gasteiger partial charge in [-0.3, -0.25) is 9.59 Å². The molecule has 2 atom stereocenters. The fraction of sp³-hybridized carbons (Fsp3) is 0.818. The molecule has 2 unspecified atom stereocenters. The number of carboxylic acids is 1. The molecule has 0 aromatic carbocycles. The van der Waals surface area contributed by atoms with Crippen LogP contribution in [0.2, 0.25) is 0 Å². The number of aliphatic carboxylic acids is 1. The van der Waals surface area contributed by atoms with Crippen molar-refractivity contribution in [2.75, 3.05) is 13.6 Å². The summed E-state index contributed by atoms with van der Waals surface area (Å²) >= 11 is 0. The van der Waals surface area contributed by atoms with Crippen molar-refractivity contribution in [3.63, 3.8) is 0 Å². The summed E-state index contributed by atoms with van der Waals surface area (Å²) in [7, 11) is 1.65. The van der Waals surface area contributed by atoms with E-state index in [0.29, 0.717) is 19.4 Å². The smallest absolute Gasteiger partial charge is 0.320 e. The van der Waals surface area contributed by atoms with Crippen LogP contribution in [-0.2, 0) is 9.59 Å². The Hall–Kier alpha value is -1.36. The molecule has 1 amide bonds. The summed E-state index contributed by atoms with van der Waals surface area (Å²) < 4.78 is 0. The third-order valence-corrected chi connectivity index (χ3v) is 4.72. The molecule has 0 spiro atoms. The summed E-state index contributed by atoms with van der Waals surface area (Å²) in [4.78, 5) is 23.0. The monoisotopic (exact) mass is 386 g/mol. The summed E-state index contributed by atoms with van der Waals surface area (Å²) in [6.07, 6.45) is 6.69. The van der Waals surface area contributed by atoms with Crippen LogP contribution in [0.4, 0.5) is 0 Å². The number of rotatable bonds is 12. The third-order valence-electron chi connectivity index (χ3n) is 4.72. The Kier molecular flexibility index (Phi) is 21.8. The zero-order chi connectivity index (χ0) is 21.9. The first-order valence-corrected chi connectivity index (χ1v) is 10.7. The molecule has 5 nitrogen and oxygen atoms in total. The van der Waals surface area contributed by atoms with Gasteiger partial charge in [0, 0.05) is 13.0 Å². The number of hydrogen-bond acceptors (Lipinski definition) is 3. The second-order valence-corrected chi connectivity index (χ2v) is 6.28. The topological polar surface area (TPSA) is 78.4 Å². The lowest BCUT2D eigenvalue weighted by atomic mass is 9.75. The quantitative estimate of drug-likeness (QED) is 0.320. The number of carbonyl (C=O) groups excluding carboxylic acids is 1. The van der Waals surface area contributed by atoms with Gasteiger partial charge in [0.1, 0.15) is 6.04 Å². The van der Waals surface area contributed by atoms with Gasteiger partial charge in [-0.25, -0.2) is 0 Å². The molecule has 0 aromatic heterocycles. The van der Waals surface area contributed by atoms with Crippen LogP contribution >= 0.6 is 0 Å². The fourth-order valence-electron chi connectivity index (χ4n) is 2.95. The van der Waals surface area contributed by atoms with Crippen LogP contribution in [-0.4, -0.2) is 36.6 Å². The van der Waals surface area contributed by atoms with E-state index < -0.39 is 12.0 Å². The van der Waals surface area contributed by atoms with Crippen LogP contribution in [0.3, 0.4) is 0 Å². The molecule has 0 aromatic rings. The molecule has 0 bridgehead atoms. The maximum Gasteiger partial charge on any atom is 0.320 e. The molecule has 0 saturated heterocycles. The van der Waals surface area contributed by atoms with Crippen LogP contribution < -0.4 is 10.6 Å². The molecule has 0 aliphatic heterocycles. The lowest BCUT2D eigenvalue weighted by molar-refractivity contribution is -0.139. The highest BCUT2D eigenvalue weighted by Crippen LogP contribution is 2.36.